The molecule has 6 heteroatoms. The van der Waals surface area contributed by atoms with Gasteiger partial charge in [0.05, 0.1) is 11.6 Å². The maximum Gasteiger partial charge on any atom is 0.290 e. The summed E-state index contributed by atoms with van der Waals surface area (Å²) >= 11 is 0. The predicted molar refractivity (Wildman–Crippen MR) is 75.6 cm³/mol. The van der Waals surface area contributed by atoms with E-state index in [0.717, 1.165) is 5.56 Å². The van der Waals surface area contributed by atoms with Gasteiger partial charge in [0.2, 0.25) is 0 Å². The molecule has 116 valence electrons. The van der Waals surface area contributed by atoms with Crippen molar-refractivity contribution in [2.24, 2.45) is 0 Å². The van der Waals surface area contributed by atoms with Crippen molar-refractivity contribution in [1.29, 1.82) is 0 Å². The summed E-state index contributed by atoms with van der Waals surface area (Å²) in [6.45, 7) is 3.03. The van der Waals surface area contributed by atoms with Gasteiger partial charge in [0.1, 0.15) is 0 Å². The number of nitrogens with zero attached hydrogens (tertiary/aromatic N) is 1. The number of aliphatic hydroxyl groups excluding tert-OH is 1. The Bertz CT molecular complexity index is 660. The number of benzene rings is 1. The number of ketones is 1. The van der Waals surface area contributed by atoms with E-state index < -0.39 is 29.5 Å². The van der Waals surface area contributed by atoms with E-state index in [9.17, 15) is 24.6 Å². The molecule has 0 aromatic heterocycles. The highest BCUT2D eigenvalue weighted by Gasteiger charge is 2.41. The smallest absolute Gasteiger partial charge is 0.290 e. The van der Waals surface area contributed by atoms with Gasteiger partial charge in [-0.1, -0.05) is 29.8 Å². The van der Waals surface area contributed by atoms with Gasteiger partial charge < -0.3 is 19.9 Å². The molecule has 1 atom stereocenters. The van der Waals surface area contributed by atoms with Crippen LogP contribution in [0.3, 0.4) is 0 Å². The molecule has 1 aliphatic heterocycles. The standard InChI is InChI=1S/C16H17NO5/c1-9-3-5-11(6-4-9)14-13(10(2)18)15(21)16(22)17(14)8-7-12(19)20/h3-6,14,21H,7-8H2,1-2H3,(H,19,20)/p-1. The van der Waals surface area contributed by atoms with Crippen LogP contribution in [-0.4, -0.2) is 34.2 Å². The third-order valence-corrected chi connectivity index (χ3v) is 3.63. The summed E-state index contributed by atoms with van der Waals surface area (Å²) in [7, 11) is 0. The van der Waals surface area contributed by atoms with Crippen molar-refractivity contribution in [1.82, 2.24) is 4.90 Å². The summed E-state index contributed by atoms with van der Waals surface area (Å²) < 4.78 is 0. The topological polar surface area (TPSA) is 97.7 Å². The lowest BCUT2D eigenvalue weighted by Gasteiger charge is -2.26. The van der Waals surface area contributed by atoms with Crippen molar-refractivity contribution in [3.8, 4) is 0 Å². The van der Waals surface area contributed by atoms with E-state index in [1.54, 1.807) is 12.1 Å². The van der Waals surface area contributed by atoms with Crippen LogP contribution in [0.1, 0.15) is 30.5 Å². The SMILES string of the molecule is CC(=O)C1=C(O)C(=O)N(CCC(=O)[O-])C1c1ccc(C)cc1. The maximum absolute atomic E-state index is 12.1. The van der Waals surface area contributed by atoms with Crippen LogP contribution in [0.5, 0.6) is 0 Å². The second kappa shape index (κ2) is 6.01. The van der Waals surface area contributed by atoms with Gasteiger partial charge in [0.25, 0.3) is 5.91 Å². The molecule has 1 unspecified atom stereocenters. The summed E-state index contributed by atoms with van der Waals surface area (Å²) in [6, 6.07) is 6.38. The average Bonchev–Trinajstić information content (AvgIpc) is 2.70. The molecule has 0 bridgehead atoms. The first-order valence-electron chi connectivity index (χ1n) is 6.84. The van der Waals surface area contributed by atoms with E-state index in [0.29, 0.717) is 5.56 Å². The van der Waals surface area contributed by atoms with Gasteiger partial charge in [0, 0.05) is 18.9 Å². The quantitative estimate of drug-likeness (QED) is 0.850. The molecule has 1 aromatic carbocycles. The van der Waals surface area contributed by atoms with Crippen LogP contribution >= 0.6 is 0 Å². The number of hydrogen-bond acceptors (Lipinski definition) is 5. The Morgan fingerprint density at radius 1 is 1.27 bits per heavy atom. The highest BCUT2D eigenvalue weighted by Crippen LogP contribution is 2.37. The van der Waals surface area contributed by atoms with Crippen molar-refractivity contribution in [2.75, 3.05) is 6.54 Å². The first-order valence-corrected chi connectivity index (χ1v) is 6.84. The van der Waals surface area contributed by atoms with E-state index in [1.165, 1.54) is 11.8 Å². The number of aryl methyl sites for hydroxylation is 1. The molecule has 0 radical (unpaired) electrons. The lowest BCUT2D eigenvalue weighted by molar-refractivity contribution is -0.305. The fourth-order valence-electron chi connectivity index (χ4n) is 2.55. The number of aliphatic carboxylic acids is 1. The minimum absolute atomic E-state index is 0.00722. The second-order valence-electron chi connectivity index (χ2n) is 5.25. The van der Waals surface area contributed by atoms with Crippen molar-refractivity contribution >= 4 is 17.7 Å². The Hall–Kier alpha value is -2.63. The van der Waals surface area contributed by atoms with E-state index >= 15 is 0 Å². The summed E-state index contributed by atoms with van der Waals surface area (Å²) in [5, 5.41) is 20.6. The number of rotatable bonds is 5. The van der Waals surface area contributed by atoms with Crippen molar-refractivity contribution < 1.29 is 24.6 Å². The third kappa shape index (κ3) is 2.86. The molecule has 1 heterocycles. The zero-order valence-corrected chi connectivity index (χ0v) is 12.3. The van der Waals surface area contributed by atoms with Gasteiger partial charge in [-0.15, -0.1) is 0 Å². The molecule has 1 aromatic rings. The fourth-order valence-corrected chi connectivity index (χ4v) is 2.55. The van der Waals surface area contributed by atoms with E-state index in [-0.39, 0.29) is 18.5 Å². The first-order chi connectivity index (χ1) is 10.3. The number of aliphatic hydroxyl groups is 1. The molecular formula is C16H16NO5-. The molecule has 6 nitrogen and oxygen atoms in total. The molecule has 22 heavy (non-hydrogen) atoms. The van der Waals surface area contributed by atoms with Crippen molar-refractivity contribution in [3.63, 3.8) is 0 Å². The highest BCUT2D eigenvalue weighted by atomic mass is 16.4. The Balaban J connectivity index is 2.45. The monoisotopic (exact) mass is 302 g/mol. The van der Waals surface area contributed by atoms with Gasteiger partial charge in [-0.05, 0) is 19.4 Å². The van der Waals surface area contributed by atoms with Crippen LogP contribution in [0.4, 0.5) is 0 Å². The number of carbonyl (C=O) groups is 3. The molecular weight excluding hydrogens is 286 g/mol. The molecule has 0 saturated carbocycles. The zero-order valence-electron chi connectivity index (χ0n) is 12.3. The van der Waals surface area contributed by atoms with Crippen LogP contribution in [-0.2, 0) is 14.4 Å². The van der Waals surface area contributed by atoms with Gasteiger partial charge in [-0.2, -0.15) is 0 Å². The Kier molecular flexibility index (Phi) is 4.30. The normalized spacial score (nSPS) is 18.0. The zero-order chi connectivity index (χ0) is 16.4. The van der Waals surface area contributed by atoms with Gasteiger partial charge in [-0.3, -0.25) is 9.59 Å². The molecule has 1 amide bonds. The molecule has 0 saturated heterocycles. The number of Topliss-reactive ketones (excluding diaryl/α,β-unsaturated/α-hetero) is 1. The lowest BCUT2D eigenvalue weighted by atomic mass is 9.96. The van der Waals surface area contributed by atoms with Crippen molar-refractivity contribution in [2.45, 2.75) is 26.3 Å². The van der Waals surface area contributed by atoms with E-state index in [1.807, 2.05) is 19.1 Å². The highest BCUT2D eigenvalue weighted by molar-refractivity contribution is 6.08. The Morgan fingerprint density at radius 3 is 2.36 bits per heavy atom. The van der Waals surface area contributed by atoms with Gasteiger partial charge in [0.15, 0.2) is 11.5 Å². The summed E-state index contributed by atoms with van der Waals surface area (Å²) in [5.74, 6) is -3.08. The molecule has 1 N–H and O–H groups in total. The van der Waals surface area contributed by atoms with Gasteiger partial charge >= 0.3 is 0 Å². The molecule has 0 spiro atoms. The maximum atomic E-state index is 12.1. The number of carboxylic acid groups (broad SMARTS) is 1. The first kappa shape index (κ1) is 15.8. The van der Waals surface area contributed by atoms with Crippen LogP contribution in [0.15, 0.2) is 35.6 Å². The van der Waals surface area contributed by atoms with Crippen molar-refractivity contribution in [3.05, 3.63) is 46.7 Å². The van der Waals surface area contributed by atoms with Crippen LogP contribution in [0.25, 0.3) is 0 Å². The van der Waals surface area contributed by atoms with Crippen LogP contribution in [0, 0.1) is 6.92 Å². The summed E-state index contributed by atoms with van der Waals surface area (Å²) in [6.07, 6.45) is -0.368. The van der Waals surface area contributed by atoms with Crippen LogP contribution in [0.2, 0.25) is 0 Å². The second-order valence-corrected chi connectivity index (χ2v) is 5.25. The van der Waals surface area contributed by atoms with Gasteiger partial charge in [-0.25, -0.2) is 0 Å². The minimum Gasteiger partial charge on any atom is -0.550 e. The average molecular weight is 302 g/mol. The summed E-state index contributed by atoms with van der Waals surface area (Å²) in [5.41, 5.74) is 1.64. The minimum atomic E-state index is -1.30. The van der Waals surface area contributed by atoms with E-state index in [2.05, 4.69) is 0 Å². The number of hydrogen-bond donors (Lipinski definition) is 1. The Labute approximate surface area is 127 Å². The number of carboxylic acids is 1. The molecule has 1 aliphatic rings. The predicted octanol–water partition coefficient (Wildman–Crippen LogP) is 0.419. The number of carbonyl (C=O) groups excluding carboxylic acids is 3. The summed E-state index contributed by atoms with van der Waals surface area (Å²) in [4.78, 5) is 35.8. The third-order valence-electron chi connectivity index (χ3n) is 3.63. The molecule has 0 aliphatic carbocycles. The lowest BCUT2D eigenvalue weighted by Crippen LogP contribution is -2.35. The molecule has 0 fully saturated rings. The fraction of sp³-hybridized carbons (Fsp3) is 0.312. The van der Waals surface area contributed by atoms with Crippen LogP contribution < -0.4 is 5.11 Å². The molecule has 2 rings (SSSR count). The number of amides is 1. The Morgan fingerprint density at radius 2 is 1.86 bits per heavy atom. The van der Waals surface area contributed by atoms with E-state index in [4.69, 9.17) is 0 Å². The largest absolute Gasteiger partial charge is 0.550 e.